The van der Waals surface area contributed by atoms with Gasteiger partial charge in [-0.1, -0.05) is 17.7 Å². The van der Waals surface area contributed by atoms with Crippen molar-refractivity contribution >= 4 is 34.2 Å². The van der Waals surface area contributed by atoms with Crippen molar-refractivity contribution in [1.29, 1.82) is 0 Å². The second-order valence-electron chi connectivity index (χ2n) is 6.66. The summed E-state index contributed by atoms with van der Waals surface area (Å²) in [4.78, 5) is 36.4. The highest BCUT2D eigenvalue weighted by molar-refractivity contribution is 6.31. The number of esters is 1. The van der Waals surface area contributed by atoms with Crippen molar-refractivity contribution in [1.82, 2.24) is 0 Å². The first-order valence-corrected chi connectivity index (χ1v) is 9.62. The van der Waals surface area contributed by atoms with Crippen LogP contribution in [0, 0.1) is 10.1 Å². The Labute approximate surface area is 185 Å². The Morgan fingerprint density at radius 1 is 1.06 bits per heavy atom. The predicted molar refractivity (Wildman–Crippen MR) is 118 cm³/mol. The van der Waals surface area contributed by atoms with E-state index in [2.05, 4.69) is 0 Å². The molecular formula is C23H14ClNO7. The Bertz CT molecular complexity index is 1410. The first-order valence-electron chi connectivity index (χ1n) is 9.25. The lowest BCUT2D eigenvalue weighted by molar-refractivity contribution is -0.384. The van der Waals surface area contributed by atoms with Crippen molar-refractivity contribution in [2.75, 3.05) is 7.11 Å². The molecule has 0 unspecified atom stereocenters. The van der Waals surface area contributed by atoms with Gasteiger partial charge in [-0.3, -0.25) is 14.9 Å². The van der Waals surface area contributed by atoms with Crippen molar-refractivity contribution in [2.45, 2.75) is 0 Å². The van der Waals surface area contributed by atoms with Crippen LogP contribution in [0.15, 0.2) is 75.9 Å². The summed E-state index contributed by atoms with van der Waals surface area (Å²) in [5.41, 5.74) is -0.280. The second kappa shape index (κ2) is 8.52. The highest BCUT2D eigenvalue weighted by Gasteiger charge is 2.22. The Morgan fingerprint density at radius 3 is 2.50 bits per heavy atom. The molecule has 0 radical (unpaired) electrons. The van der Waals surface area contributed by atoms with Crippen LogP contribution < -0.4 is 14.9 Å². The summed E-state index contributed by atoms with van der Waals surface area (Å²) in [7, 11) is 1.52. The van der Waals surface area contributed by atoms with E-state index in [1.165, 1.54) is 37.4 Å². The molecule has 4 aromatic rings. The third kappa shape index (κ3) is 4.03. The zero-order valence-electron chi connectivity index (χ0n) is 16.5. The molecule has 0 amide bonds. The van der Waals surface area contributed by atoms with E-state index < -0.39 is 16.3 Å². The number of non-ortho nitro benzene ring substituents is 1. The van der Waals surface area contributed by atoms with Crippen molar-refractivity contribution in [3.63, 3.8) is 0 Å². The molecule has 1 aromatic heterocycles. The number of benzene rings is 3. The fourth-order valence-corrected chi connectivity index (χ4v) is 3.25. The number of nitro benzene ring substituents is 1. The first-order chi connectivity index (χ1) is 15.4. The first kappa shape index (κ1) is 21.1. The van der Waals surface area contributed by atoms with Gasteiger partial charge in [0.25, 0.3) is 5.69 Å². The van der Waals surface area contributed by atoms with Gasteiger partial charge < -0.3 is 13.9 Å². The summed E-state index contributed by atoms with van der Waals surface area (Å²) >= 11 is 6.02. The minimum absolute atomic E-state index is 0.0197. The van der Waals surface area contributed by atoms with E-state index in [1.807, 2.05) is 0 Å². The highest BCUT2D eigenvalue weighted by Crippen LogP contribution is 2.33. The molecule has 0 saturated carbocycles. The molecule has 0 saturated heterocycles. The van der Waals surface area contributed by atoms with Gasteiger partial charge in [0.1, 0.15) is 11.3 Å². The Kier molecular flexibility index (Phi) is 5.61. The zero-order valence-corrected chi connectivity index (χ0v) is 17.3. The van der Waals surface area contributed by atoms with E-state index >= 15 is 0 Å². The van der Waals surface area contributed by atoms with Gasteiger partial charge in [0.2, 0.25) is 11.2 Å². The van der Waals surface area contributed by atoms with Crippen LogP contribution in [0.25, 0.3) is 22.3 Å². The number of fused-ring (bicyclic) bond motifs is 1. The second-order valence-corrected chi connectivity index (χ2v) is 7.09. The van der Waals surface area contributed by atoms with E-state index in [9.17, 15) is 19.7 Å². The maximum Gasteiger partial charge on any atom is 0.344 e. The Balaban J connectivity index is 1.86. The number of rotatable bonds is 5. The molecule has 1 heterocycles. The molecule has 9 heteroatoms. The molecule has 4 rings (SSSR count). The van der Waals surface area contributed by atoms with Gasteiger partial charge in [-0.05, 0) is 48.5 Å². The monoisotopic (exact) mass is 451 g/mol. The SMILES string of the molecule is COc1ccc(-c2oc3ccc(Cl)cc3c(=O)c2OC(=O)c2cccc([N+](=O)[O-])c2)cc1. The molecular weight excluding hydrogens is 438 g/mol. The van der Waals surface area contributed by atoms with Crippen molar-refractivity contribution in [3.8, 4) is 22.8 Å². The number of nitrogens with zero attached hydrogens (tertiary/aromatic N) is 1. The number of nitro groups is 1. The number of methoxy groups -OCH3 is 1. The number of ether oxygens (including phenoxy) is 2. The molecule has 8 nitrogen and oxygen atoms in total. The minimum atomic E-state index is -0.947. The van der Waals surface area contributed by atoms with Gasteiger partial charge >= 0.3 is 5.97 Å². The van der Waals surface area contributed by atoms with E-state index in [1.54, 1.807) is 30.3 Å². The minimum Gasteiger partial charge on any atom is -0.497 e. The van der Waals surface area contributed by atoms with Gasteiger partial charge in [-0.15, -0.1) is 0 Å². The standard InChI is InChI=1S/C23H14ClNO7/c1-30-17-8-5-13(6-9-17)21-22(20(26)18-12-15(24)7-10-19(18)31-21)32-23(27)14-3-2-4-16(11-14)25(28)29/h2-12H,1H3. The number of hydrogen-bond donors (Lipinski definition) is 0. The number of carbonyl (C=O) groups is 1. The summed E-state index contributed by atoms with van der Waals surface area (Å²) in [5, 5.41) is 11.4. The van der Waals surface area contributed by atoms with Crippen LogP contribution in [-0.2, 0) is 0 Å². The van der Waals surface area contributed by atoms with Gasteiger partial charge in [0, 0.05) is 22.7 Å². The smallest absolute Gasteiger partial charge is 0.344 e. The third-order valence-corrected chi connectivity index (χ3v) is 4.89. The van der Waals surface area contributed by atoms with Gasteiger partial charge in [-0.2, -0.15) is 0 Å². The van der Waals surface area contributed by atoms with Crippen LogP contribution in [0.1, 0.15) is 10.4 Å². The largest absolute Gasteiger partial charge is 0.497 e. The lowest BCUT2D eigenvalue weighted by Gasteiger charge is -2.11. The lowest BCUT2D eigenvalue weighted by atomic mass is 10.1. The van der Waals surface area contributed by atoms with Crippen LogP contribution in [0.3, 0.4) is 0 Å². The van der Waals surface area contributed by atoms with Crippen LogP contribution in [0.2, 0.25) is 5.02 Å². The third-order valence-electron chi connectivity index (χ3n) is 4.65. The highest BCUT2D eigenvalue weighted by atomic mass is 35.5. The molecule has 0 aliphatic heterocycles. The maximum atomic E-state index is 13.2. The molecule has 0 aliphatic carbocycles. The van der Waals surface area contributed by atoms with Crippen LogP contribution in [0.5, 0.6) is 11.5 Å². The lowest BCUT2D eigenvalue weighted by Crippen LogP contribution is -2.16. The quantitative estimate of drug-likeness (QED) is 0.231. The van der Waals surface area contributed by atoms with Crippen LogP contribution >= 0.6 is 11.6 Å². The van der Waals surface area contributed by atoms with Crippen LogP contribution in [-0.4, -0.2) is 18.0 Å². The van der Waals surface area contributed by atoms with Gasteiger partial charge in [-0.25, -0.2) is 4.79 Å². The van der Waals surface area contributed by atoms with E-state index in [4.69, 9.17) is 25.5 Å². The number of carbonyl (C=O) groups excluding carboxylic acids is 1. The fourth-order valence-electron chi connectivity index (χ4n) is 3.07. The van der Waals surface area contributed by atoms with Crippen molar-refractivity contribution < 1.29 is 23.6 Å². The summed E-state index contributed by atoms with van der Waals surface area (Å²) in [6.07, 6.45) is 0. The molecule has 32 heavy (non-hydrogen) atoms. The molecule has 0 aliphatic rings. The Hall–Kier alpha value is -4.17. The molecule has 0 bridgehead atoms. The average Bonchev–Trinajstić information content (AvgIpc) is 2.81. The normalized spacial score (nSPS) is 10.7. The Morgan fingerprint density at radius 2 is 1.81 bits per heavy atom. The van der Waals surface area contributed by atoms with Crippen molar-refractivity contribution in [3.05, 3.63) is 97.7 Å². The molecule has 3 aromatic carbocycles. The van der Waals surface area contributed by atoms with Gasteiger partial charge in [0.15, 0.2) is 5.76 Å². The maximum absolute atomic E-state index is 13.2. The predicted octanol–water partition coefficient (Wildman–Crippen LogP) is 5.25. The van der Waals surface area contributed by atoms with Crippen molar-refractivity contribution in [2.24, 2.45) is 0 Å². The molecule has 0 atom stereocenters. The van der Waals surface area contributed by atoms with E-state index in [0.717, 1.165) is 6.07 Å². The summed E-state index contributed by atoms with van der Waals surface area (Å²) in [6.45, 7) is 0. The summed E-state index contributed by atoms with van der Waals surface area (Å²) in [6, 6.07) is 16.1. The summed E-state index contributed by atoms with van der Waals surface area (Å²) in [5.74, 6) is -0.705. The van der Waals surface area contributed by atoms with Gasteiger partial charge in [0.05, 0.1) is 23.0 Å². The summed E-state index contributed by atoms with van der Waals surface area (Å²) < 4.78 is 16.5. The molecule has 160 valence electrons. The van der Waals surface area contributed by atoms with Crippen LogP contribution in [0.4, 0.5) is 5.69 Å². The fraction of sp³-hybridized carbons (Fsp3) is 0.0435. The number of hydrogen-bond acceptors (Lipinski definition) is 7. The van der Waals surface area contributed by atoms with E-state index in [0.29, 0.717) is 16.3 Å². The van der Waals surface area contributed by atoms with E-state index in [-0.39, 0.29) is 33.7 Å². The molecule has 0 spiro atoms. The number of halogens is 1. The zero-order chi connectivity index (χ0) is 22.8. The molecule has 0 fully saturated rings. The average molecular weight is 452 g/mol. The molecule has 0 N–H and O–H groups in total. The topological polar surface area (TPSA) is 109 Å².